The highest BCUT2D eigenvalue weighted by molar-refractivity contribution is 5.85. The van der Waals surface area contributed by atoms with Crippen LogP contribution in [-0.4, -0.2) is 32.6 Å². The van der Waals surface area contributed by atoms with Crippen LogP contribution >= 0.6 is 12.4 Å². The summed E-state index contributed by atoms with van der Waals surface area (Å²) in [7, 11) is 1.23. The topological polar surface area (TPSA) is 38.3 Å². The number of esters is 1. The molecule has 1 rings (SSSR count). The molecule has 0 aliphatic carbocycles. The van der Waals surface area contributed by atoms with Crippen LogP contribution in [0.15, 0.2) is 0 Å². The first-order valence-electron chi connectivity index (χ1n) is 4.59. The molecule has 0 saturated carbocycles. The lowest BCUT2D eigenvalue weighted by molar-refractivity contribution is -0.161. The lowest BCUT2D eigenvalue weighted by Gasteiger charge is -2.38. The predicted octanol–water partition coefficient (Wildman–Crippen LogP) is 1.46. The average molecular weight is 244 g/mol. The number of carbonyl (C=O) groups excluding carboxylic acids is 1. The molecule has 1 N–H and O–H groups in total. The number of rotatable bonds is 2. The average Bonchev–Trinajstić information content (AvgIpc) is 2.16. The van der Waals surface area contributed by atoms with Crippen LogP contribution in [-0.2, 0) is 9.53 Å². The Balaban J connectivity index is 0.00000196. The maximum atomic E-state index is 12.7. The normalized spacial score (nSPS) is 30.9. The fraction of sp³-hybridized carbons (Fsp3) is 0.889. The number of hydrogen-bond donors (Lipinski definition) is 1. The van der Waals surface area contributed by atoms with Crippen molar-refractivity contribution in [2.75, 3.05) is 20.2 Å². The van der Waals surface area contributed by atoms with Crippen LogP contribution in [0.4, 0.5) is 8.78 Å². The molecule has 0 radical (unpaired) electrons. The number of hydrogen-bond acceptors (Lipinski definition) is 3. The van der Waals surface area contributed by atoms with Crippen molar-refractivity contribution in [2.45, 2.75) is 19.8 Å². The third-order valence-corrected chi connectivity index (χ3v) is 2.90. The molecule has 1 aliphatic rings. The van der Waals surface area contributed by atoms with Gasteiger partial charge in [-0.15, -0.1) is 12.4 Å². The van der Waals surface area contributed by atoms with Crippen molar-refractivity contribution >= 4 is 18.4 Å². The number of nitrogens with one attached hydrogen (secondary N) is 1. The van der Waals surface area contributed by atoms with Crippen molar-refractivity contribution in [3.05, 3.63) is 0 Å². The predicted molar refractivity (Wildman–Crippen MR) is 54.4 cm³/mol. The Labute approximate surface area is 94.0 Å². The summed E-state index contributed by atoms with van der Waals surface area (Å²) >= 11 is 0. The van der Waals surface area contributed by atoms with Gasteiger partial charge in [-0.3, -0.25) is 4.79 Å². The molecule has 0 aromatic heterocycles. The zero-order chi connectivity index (χ0) is 10.8. The van der Waals surface area contributed by atoms with Crippen LogP contribution in [0.2, 0.25) is 0 Å². The molecular weight excluding hydrogens is 228 g/mol. The van der Waals surface area contributed by atoms with Gasteiger partial charge in [0.25, 0.3) is 0 Å². The van der Waals surface area contributed by atoms with Gasteiger partial charge in [0.15, 0.2) is 0 Å². The number of carbonyl (C=O) groups is 1. The number of methoxy groups -OCH3 is 1. The molecule has 0 amide bonds. The summed E-state index contributed by atoms with van der Waals surface area (Å²) < 4.78 is 29.9. The minimum Gasteiger partial charge on any atom is -0.469 e. The minimum atomic E-state index is -2.47. The Morgan fingerprint density at radius 2 is 2.20 bits per heavy atom. The molecule has 1 fully saturated rings. The Hall–Kier alpha value is -0.420. The molecule has 1 heterocycles. The van der Waals surface area contributed by atoms with E-state index in [0.29, 0.717) is 13.0 Å². The molecule has 0 aromatic rings. The Bertz CT molecular complexity index is 228. The molecule has 1 saturated heterocycles. The van der Waals surface area contributed by atoms with Crippen molar-refractivity contribution < 1.29 is 18.3 Å². The van der Waals surface area contributed by atoms with E-state index >= 15 is 0 Å². The largest absolute Gasteiger partial charge is 0.469 e. The van der Waals surface area contributed by atoms with Crippen LogP contribution in [0.5, 0.6) is 0 Å². The molecule has 3 nitrogen and oxygen atoms in total. The lowest BCUT2D eigenvalue weighted by atomic mass is 9.73. The van der Waals surface area contributed by atoms with Crippen LogP contribution in [0.25, 0.3) is 0 Å². The van der Waals surface area contributed by atoms with Crippen LogP contribution in [0.3, 0.4) is 0 Å². The van der Waals surface area contributed by atoms with Crippen molar-refractivity contribution in [3.8, 4) is 0 Å². The molecule has 2 atom stereocenters. The van der Waals surface area contributed by atoms with Gasteiger partial charge in [-0.05, 0) is 19.9 Å². The van der Waals surface area contributed by atoms with Gasteiger partial charge >= 0.3 is 5.97 Å². The molecule has 15 heavy (non-hydrogen) atoms. The maximum absolute atomic E-state index is 12.7. The van der Waals surface area contributed by atoms with E-state index in [-0.39, 0.29) is 19.0 Å². The van der Waals surface area contributed by atoms with Gasteiger partial charge in [0.2, 0.25) is 6.43 Å². The van der Waals surface area contributed by atoms with Crippen molar-refractivity contribution in [1.82, 2.24) is 5.32 Å². The first-order valence-corrected chi connectivity index (χ1v) is 4.59. The molecule has 2 unspecified atom stereocenters. The Kier molecular flexibility index (Phi) is 5.45. The second-order valence-corrected chi connectivity index (χ2v) is 3.82. The fourth-order valence-electron chi connectivity index (χ4n) is 1.92. The second-order valence-electron chi connectivity index (χ2n) is 3.82. The molecule has 6 heteroatoms. The standard InChI is InChI=1S/C9H15F2NO2.ClH/c1-9(8(13)14-2)5-12-4-3-6(9)7(10)11;/h6-7,12H,3-5H2,1-2H3;1H. The van der Waals surface area contributed by atoms with Gasteiger partial charge in [-0.1, -0.05) is 0 Å². The fourth-order valence-corrected chi connectivity index (χ4v) is 1.92. The Morgan fingerprint density at radius 1 is 1.60 bits per heavy atom. The lowest BCUT2D eigenvalue weighted by Crippen LogP contribution is -2.52. The summed E-state index contributed by atoms with van der Waals surface area (Å²) in [6.45, 7) is 2.32. The van der Waals surface area contributed by atoms with Gasteiger partial charge < -0.3 is 10.1 Å². The zero-order valence-electron chi connectivity index (χ0n) is 8.76. The first-order chi connectivity index (χ1) is 6.52. The minimum absolute atomic E-state index is 0. The summed E-state index contributed by atoms with van der Waals surface area (Å²) in [5, 5.41) is 2.94. The van der Waals surface area contributed by atoms with E-state index < -0.39 is 23.7 Å². The van der Waals surface area contributed by atoms with E-state index in [0.717, 1.165) is 0 Å². The van der Waals surface area contributed by atoms with Crippen molar-refractivity contribution in [1.29, 1.82) is 0 Å². The molecule has 0 bridgehead atoms. The van der Waals surface area contributed by atoms with Gasteiger partial charge in [-0.25, -0.2) is 8.78 Å². The maximum Gasteiger partial charge on any atom is 0.313 e. The monoisotopic (exact) mass is 243 g/mol. The van der Waals surface area contributed by atoms with Crippen LogP contribution in [0.1, 0.15) is 13.3 Å². The molecule has 0 spiro atoms. The molecular formula is C9H16ClF2NO2. The van der Waals surface area contributed by atoms with Gasteiger partial charge in [0.05, 0.1) is 12.5 Å². The summed E-state index contributed by atoms with van der Waals surface area (Å²) in [4.78, 5) is 11.4. The number of alkyl halides is 2. The van der Waals surface area contributed by atoms with E-state index in [4.69, 9.17) is 0 Å². The van der Waals surface area contributed by atoms with Gasteiger partial charge in [-0.2, -0.15) is 0 Å². The molecule has 1 aliphatic heterocycles. The highest BCUT2D eigenvalue weighted by Crippen LogP contribution is 2.37. The van der Waals surface area contributed by atoms with Crippen molar-refractivity contribution in [3.63, 3.8) is 0 Å². The molecule has 90 valence electrons. The third-order valence-electron chi connectivity index (χ3n) is 2.90. The number of halogens is 3. The van der Waals surface area contributed by atoms with Crippen molar-refractivity contribution in [2.24, 2.45) is 11.3 Å². The third kappa shape index (κ3) is 2.78. The van der Waals surface area contributed by atoms with E-state index in [9.17, 15) is 13.6 Å². The zero-order valence-corrected chi connectivity index (χ0v) is 9.57. The Morgan fingerprint density at radius 3 is 2.67 bits per heavy atom. The van der Waals surface area contributed by atoms with E-state index in [2.05, 4.69) is 10.1 Å². The number of piperidine rings is 1. The summed E-state index contributed by atoms with van der Waals surface area (Å²) in [5.74, 6) is -1.47. The molecule has 0 aromatic carbocycles. The summed E-state index contributed by atoms with van der Waals surface area (Å²) in [6.07, 6.45) is -2.16. The van der Waals surface area contributed by atoms with Crippen LogP contribution < -0.4 is 5.32 Å². The van der Waals surface area contributed by atoms with Gasteiger partial charge in [0.1, 0.15) is 0 Å². The van der Waals surface area contributed by atoms with Crippen LogP contribution in [0, 0.1) is 11.3 Å². The SMILES string of the molecule is COC(=O)C1(C)CNCCC1C(F)F.Cl. The quantitative estimate of drug-likeness (QED) is 0.747. The van der Waals surface area contributed by atoms with E-state index in [1.807, 2.05) is 0 Å². The summed E-state index contributed by atoms with van der Waals surface area (Å²) in [5.41, 5.74) is -1.10. The van der Waals surface area contributed by atoms with Gasteiger partial charge in [0, 0.05) is 12.5 Å². The highest BCUT2D eigenvalue weighted by Gasteiger charge is 2.48. The second kappa shape index (κ2) is 5.61. The number of ether oxygens (including phenoxy) is 1. The highest BCUT2D eigenvalue weighted by atomic mass is 35.5. The smallest absolute Gasteiger partial charge is 0.313 e. The summed E-state index contributed by atoms with van der Waals surface area (Å²) in [6, 6.07) is 0. The van der Waals surface area contributed by atoms with E-state index in [1.165, 1.54) is 14.0 Å². The van der Waals surface area contributed by atoms with E-state index in [1.54, 1.807) is 0 Å². The first kappa shape index (κ1) is 14.6.